The van der Waals surface area contributed by atoms with E-state index in [9.17, 15) is 8.78 Å². The Labute approximate surface area is 105 Å². The minimum Gasteiger partial charge on any atom is -0.364 e. The van der Waals surface area contributed by atoms with E-state index in [2.05, 4.69) is 12.1 Å². The summed E-state index contributed by atoms with van der Waals surface area (Å²) in [6, 6.07) is 11.9. The Bertz CT molecular complexity index is 580. The fourth-order valence-electron chi connectivity index (χ4n) is 2.44. The van der Waals surface area contributed by atoms with Crippen LogP contribution in [0.1, 0.15) is 11.1 Å². The highest BCUT2D eigenvalue weighted by molar-refractivity contribution is 5.50. The molecule has 0 unspecified atom stereocenters. The Kier molecular flexibility index (Phi) is 2.74. The Hall–Kier alpha value is -1.90. The summed E-state index contributed by atoms with van der Waals surface area (Å²) in [5, 5.41) is 0. The van der Waals surface area contributed by atoms with Gasteiger partial charge in [-0.2, -0.15) is 0 Å². The van der Waals surface area contributed by atoms with Crippen molar-refractivity contribution in [3.63, 3.8) is 0 Å². The monoisotopic (exact) mass is 245 g/mol. The van der Waals surface area contributed by atoms with Gasteiger partial charge in [0.15, 0.2) is 0 Å². The molecule has 0 saturated carbocycles. The Morgan fingerprint density at radius 1 is 0.944 bits per heavy atom. The predicted octanol–water partition coefficient (Wildman–Crippen LogP) is 3.53. The van der Waals surface area contributed by atoms with E-state index in [-0.39, 0.29) is 0 Å². The largest absolute Gasteiger partial charge is 0.364 e. The van der Waals surface area contributed by atoms with Gasteiger partial charge < -0.3 is 4.90 Å². The number of halogens is 2. The molecule has 0 N–H and O–H groups in total. The van der Waals surface area contributed by atoms with E-state index in [1.807, 2.05) is 17.0 Å². The van der Waals surface area contributed by atoms with E-state index in [1.54, 1.807) is 0 Å². The molecule has 0 spiro atoms. The molecular formula is C15H13F2N. The first-order valence-electron chi connectivity index (χ1n) is 6.01. The van der Waals surface area contributed by atoms with Gasteiger partial charge in [-0.3, -0.25) is 0 Å². The zero-order valence-electron chi connectivity index (χ0n) is 9.87. The van der Waals surface area contributed by atoms with Crippen molar-refractivity contribution in [2.45, 2.75) is 13.0 Å². The third-order valence-corrected chi connectivity index (χ3v) is 3.38. The second kappa shape index (κ2) is 4.41. The predicted molar refractivity (Wildman–Crippen MR) is 67.6 cm³/mol. The lowest BCUT2D eigenvalue weighted by Gasteiger charge is -2.30. The van der Waals surface area contributed by atoms with Crippen LogP contribution in [-0.4, -0.2) is 6.54 Å². The van der Waals surface area contributed by atoms with Crippen LogP contribution in [0.5, 0.6) is 0 Å². The number of fused-ring (bicyclic) bond motifs is 1. The SMILES string of the molecule is Fc1ccc(N2CCc3ccccc3C2)c(F)c1. The quantitative estimate of drug-likeness (QED) is 0.743. The summed E-state index contributed by atoms with van der Waals surface area (Å²) >= 11 is 0. The van der Waals surface area contributed by atoms with Crippen molar-refractivity contribution >= 4 is 5.69 Å². The minimum absolute atomic E-state index is 0.478. The van der Waals surface area contributed by atoms with E-state index in [1.165, 1.54) is 23.3 Å². The highest BCUT2D eigenvalue weighted by atomic mass is 19.1. The van der Waals surface area contributed by atoms with Gasteiger partial charge in [0, 0.05) is 19.2 Å². The fraction of sp³-hybridized carbons (Fsp3) is 0.200. The van der Waals surface area contributed by atoms with Crippen molar-refractivity contribution in [1.29, 1.82) is 0 Å². The summed E-state index contributed by atoms with van der Waals surface area (Å²) in [6.45, 7) is 1.44. The van der Waals surface area contributed by atoms with Gasteiger partial charge >= 0.3 is 0 Å². The summed E-state index contributed by atoms with van der Waals surface area (Å²) in [6.07, 6.45) is 0.896. The molecule has 2 aromatic carbocycles. The lowest BCUT2D eigenvalue weighted by molar-refractivity contribution is 0.575. The highest BCUT2D eigenvalue weighted by Crippen LogP contribution is 2.26. The molecule has 1 heterocycles. The molecule has 0 saturated heterocycles. The molecule has 2 aromatic rings. The topological polar surface area (TPSA) is 3.24 Å². The van der Waals surface area contributed by atoms with E-state index in [4.69, 9.17) is 0 Å². The van der Waals surface area contributed by atoms with Gasteiger partial charge in [0.2, 0.25) is 0 Å². The molecule has 0 amide bonds. The molecule has 0 aromatic heterocycles. The van der Waals surface area contributed by atoms with Crippen LogP contribution in [0.3, 0.4) is 0 Å². The first kappa shape index (κ1) is 11.2. The Morgan fingerprint density at radius 3 is 2.50 bits per heavy atom. The van der Waals surface area contributed by atoms with E-state index >= 15 is 0 Å². The molecule has 0 bridgehead atoms. The van der Waals surface area contributed by atoms with Crippen LogP contribution in [0, 0.1) is 11.6 Å². The van der Waals surface area contributed by atoms with Gasteiger partial charge in [-0.25, -0.2) is 8.78 Å². The van der Waals surface area contributed by atoms with Crippen molar-refractivity contribution in [1.82, 2.24) is 0 Å². The maximum absolute atomic E-state index is 13.7. The van der Waals surface area contributed by atoms with Gasteiger partial charge in [0.1, 0.15) is 11.6 Å². The molecule has 18 heavy (non-hydrogen) atoms. The van der Waals surface area contributed by atoms with Crippen LogP contribution >= 0.6 is 0 Å². The van der Waals surface area contributed by atoms with Crippen molar-refractivity contribution in [2.24, 2.45) is 0 Å². The van der Waals surface area contributed by atoms with Gasteiger partial charge in [-0.15, -0.1) is 0 Å². The molecule has 1 nitrogen and oxygen atoms in total. The zero-order valence-corrected chi connectivity index (χ0v) is 9.87. The molecular weight excluding hydrogens is 232 g/mol. The minimum atomic E-state index is -0.534. The molecule has 0 fully saturated rings. The second-order valence-corrected chi connectivity index (χ2v) is 4.54. The number of hydrogen-bond acceptors (Lipinski definition) is 1. The van der Waals surface area contributed by atoms with Gasteiger partial charge in [0.25, 0.3) is 0 Å². The van der Waals surface area contributed by atoms with Gasteiger partial charge in [-0.05, 0) is 29.7 Å². The van der Waals surface area contributed by atoms with Crippen molar-refractivity contribution < 1.29 is 8.78 Å². The van der Waals surface area contributed by atoms with Crippen LogP contribution in [0.15, 0.2) is 42.5 Å². The lowest BCUT2D eigenvalue weighted by atomic mass is 9.99. The summed E-state index contributed by atoms with van der Waals surface area (Å²) in [4.78, 5) is 1.96. The van der Waals surface area contributed by atoms with Crippen LogP contribution in [0.25, 0.3) is 0 Å². The molecule has 0 aliphatic carbocycles. The average molecular weight is 245 g/mol. The first-order chi connectivity index (χ1) is 8.74. The molecule has 0 radical (unpaired) electrons. The molecule has 0 atom stereocenters. The summed E-state index contributed by atoms with van der Waals surface area (Å²) in [5.41, 5.74) is 3.01. The number of nitrogens with zero attached hydrogens (tertiary/aromatic N) is 1. The standard InChI is InChI=1S/C15H13F2N/c16-13-5-6-15(14(17)9-13)18-8-7-11-3-1-2-4-12(11)10-18/h1-6,9H,7-8,10H2. The van der Waals surface area contributed by atoms with E-state index in [0.717, 1.165) is 19.0 Å². The van der Waals surface area contributed by atoms with Crippen LogP contribution < -0.4 is 4.90 Å². The van der Waals surface area contributed by atoms with Crippen molar-refractivity contribution in [3.05, 3.63) is 65.2 Å². The molecule has 3 rings (SSSR count). The van der Waals surface area contributed by atoms with Gasteiger partial charge in [-0.1, -0.05) is 24.3 Å². The molecule has 92 valence electrons. The molecule has 1 aliphatic heterocycles. The third-order valence-electron chi connectivity index (χ3n) is 3.38. The maximum Gasteiger partial charge on any atom is 0.149 e. The summed E-state index contributed by atoms with van der Waals surface area (Å²) in [7, 11) is 0. The zero-order chi connectivity index (χ0) is 12.5. The Morgan fingerprint density at radius 2 is 1.72 bits per heavy atom. The smallest absolute Gasteiger partial charge is 0.149 e. The number of anilines is 1. The molecule has 1 aliphatic rings. The fourth-order valence-corrected chi connectivity index (χ4v) is 2.44. The number of benzene rings is 2. The third kappa shape index (κ3) is 1.96. The van der Waals surface area contributed by atoms with E-state index < -0.39 is 11.6 Å². The highest BCUT2D eigenvalue weighted by Gasteiger charge is 2.18. The summed E-state index contributed by atoms with van der Waals surface area (Å²) in [5.74, 6) is -1.02. The van der Waals surface area contributed by atoms with E-state index in [0.29, 0.717) is 12.2 Å². The van der Waals surface area contributed by atoms with Crippen molar-refractivity contribution in [2.75, 3.05) is 11.4 Å². The summed E-state index contributed by atoms with van der Waals surface area (Å²) < 4.78 is 26.6. The van der Waals surface area contributed by atoms with Crippen LogP contribution in [0.4, 0.5) is 14.5 Å². The number of rotatable bonds is 1. The Balaban J connectivity index is 1.92. The maximum atomic E-state index is 13.7. The van der Waals surface area contributed by atoms with Gasteiger partial charge in [0.05, 0.1) is 5.69 Å². The second-order valence-electron chi connectivity index (χ2n) is 4.54. The molecule has 3 heteroatoms. The van der Waals surface area contributed by atoms with Crippen LogP contribution in [0.2, 0.25) is 0 Å². The lowest BCUT2D eigenvalue weighted by Crippen LogP contribution is -2.30. The normalized spacial score (nSPS) is 14.4. The van der Waals surface area contributed by atoms with Crippen LogP contribution in [-0.2, 0) is 13.0 Å². The average Bonchev–Trinajstić information content (AvgIpc) is 2.38. The first-order valence-corrected chi connectivity index (χ1v) is 6.01. The number of hydrogen-bond donors (Lipinski definition) is 0. The van der Waals surface area contributed by atoms with Crippen molar-refractivity contribution in [3.8, 4) is 0 Å².